The maximum absolute atomic E-state index is 10.6. The first-order valence-electron chi connectivity index (χ1n) is 9.69. The average Bonchev–Trinajstić information content (AvgIpc) is 3.06. The third-order valence-corrected chi connectivity index (χ3v) is 5.57. The van der Waals surface area contributed by atoms with E-state index in [-0.39, 0.29) is 30.5 Å². The highest BCUT2D eigenvalue weighted by Gasteiger charge is 2.47. The molecule has 2 fully saturated rings. The predicted molar refractivity (Wildman–Crippen MR) is 99.4 cm³/mol. The topological polar surface area (TPSA) is 87.0 Å². The summed E-state index contributed by atoms with van der Waals surface area (Å²) in [6.45, 7) is 3.56. The SMILES string of the molecule is CC#CCCC(C)(O)C=CC1[C@H](O)C[C@@H]2O[C@H](CCCCC(=O)O)C[C@H]12. The van der Waals surface area contributed by atoms with Crippen LogP contribution in [0.1, 0.15) is 65.2 Å². The van der Waals surface area contributed by atoms with Gasteiger partial charge in [-0.2, -0.15) is 0 Å². The van der Waals surface area contributed by atoms with Crippen LogP contribution in [0.5, 0.6) is 0 Å². The van der Waals surface area contributed by atoms with Crippen LogP contribution in [-0.2, 0) is 9.53 Å². The summed E-state index contributed by atoms with van der Waals surface area (Å²) < 4.78 is 6.08. The summed E-state index contributed by atoms with van der Waals surface area (Å²) in [5.41, 5.74) is -0.919. The Hall–Kier alpha value is -1.35. The van der Waals surface area contributed by atoms with Crippen LogP contribution in [0.4, 0.5) is 0 Å². The third-order valence-electron chi connectivity index (χ3n) is 5.57. The average molecular weight is 364 g/mol. The van der Waals surface area contributed by atoms with Crippen LogP contribution >= 0.6 is 0 Å². The number of aliphatic hydroxyl groups excluding tert-OH is 1. The van der Waals surface area contributed by atoms with Gasteiger partial charge >= 0.3 is 5.97 Å². The highest BCUT2D eigenvalue weighted by Crippen LogP contribution is 2.45. The fourth-order valence-electron chi connectivity index (χ4n) is 4.12. The van der Waals surface area contributed by atoms with Gasteiger partial charge in [-0.25, -0.2) is 0 Å². The molecule has 5 nitrogen and oxygen atoms in total. The van der Waals surface area contributed by atoms with Gasteiger partial charge in [-0.15, -0.1) is 11.8 Å². The Labute approximate surface area is 156 Å². The lowest BCUT2D eigenvalue weighted by atomic mass is 9.87. The second-order valence-corrected chi connectivity index (χ2v) is 7.86. The number of hydrogen-bond donors (Lipinski definition) is 3. The summed E-state index contributed by atoms with van der Waals surface area (Å²) in [5, 5.41) is 29.5. The number of rotatable bonds is 9. The highest BCUT2D eigenvalue weighted by atomic mass is 16.5. The summed E-state index contributed by atoms with van der Waals surface area (Å²) >= 11 is 0. The van der Waals surface area contributed by atoms with E-state index in [2.05, 4.69) is 11.8 Å². The maximum atomic E-state index is 10.6. The van der Waals surface area contributed by atoms with E-state index in [1.54, 1.807) is 19.9 Å². The van der Waals surface area contributed by atoms with Gasteiger partial charge in [-0.1, -0.05) is 18.6 Å². The van der Waals surface area contributed by atoms with E-state index in [0.717, 1.165) is 19.3 Å². The molecule has 146 valence electrons. The first kappa shape index (κ1) is 21.0. The molecule has 2 unspecified atom stereocenters. The zero-order valence-corrected chi connectivity index (χ0v) is 15.9. The Kier molecular flexibility index (Phi) is 7.69. The second-order valence-electron chi connectivity index (χ2n) is 7.86. The highest BCUT2D eigenvalue weighted by molar-refractivity contribution is 5.66. The van der Waals surface area contributed by atoms with Gasteiger partial charge < -0.3 is 20.1 Å². The van der Waals surface area contributed by atoms with Gasteiger partial charge in [0.25, 0.3) is 0 Å². The standard InChI is InChI=1S/C21H32O5/c1-3-4-7-11-21(2,25)12-10-16-17-13-15(8-5-6-9-20(23)24)26-19(17)14-18(16)22/h10,12,15-19,22,25H,5-9,11,13-14H2,1-2H3,(H,23,24)/t15-,16?,17-,18-,19+,21?/m1/s1. The molecule has 1 aliphatic carbocycles. The Morgan fingerprint density at radius 3 is 2.81 bits per heavy atom. The normalized spacial score (nSPS) is 32.8. The number of carboxylic acids is 1. The zero-order valence-electron chi connectivity index (χ0n) is 15.9. The molecule has 3 N–H and O–H groups in total. The molecule has 6 atom stereocenters. The third kappa shape index (κ3) is 6.12. The second kappa shape index (κ2) is 9.55. The summed E-state index contributed by atoms with van der Waals surface area (Å²) in [6, 6.07) is 0. The van der Waals surface area contributed by atoms with Crippen molar-refractivity contribution >= 4 is 5.97 Å². The fraction of sp³-hybridized carbons (Fsp3) is 0.762. The number of aliphatic carboxylic acids is 1. The molecule has 0 spiro atoms. The summed E-state index contributed by atoms with van der Waals surface area (Å²) in [4.78, 5) is 10.6. The van der Waals surface area contributed by atoms with Crippen LogP contribution in [0, 0.1) is 23.7 Å². The molecule has 1 saturated heterocycles. The van der Waals surface area contributed by atoms with Crippen LogP contribution in [-0.4, -0.2) is 45.2 Å². The van der Waals surface area contributed by atoms with Crippen molar-refractivity contribution in [3.63, 3.8) is 0 Å². The number of carbonyl (C=O) groups is 1. The van der Waals surface area contributed by atoms with Crippen molar-refractivity contribution < 1.29 is 24.9 Å². The van der Waals surface area contributed by atoms with E-state index in [1.807, 2.05) is 6.08 Å². The Bertz CT molecular complexity index is 556. The van der Waals surface area contributed by atoms with E-state index >= 15 is 0 Å². The fourth-order valence-corrected chi connectivity index (χ4v) is 4.12. The predicted octanol–water partition coefficient (Wildman–Crippen LogP) is 2.90. The Morgan fingerprint density at radius 1 is 1.35 bits per heavy atom. The molecule has 1 heterocycles. The van der Waals surface area contributed by atoms with Crippen LogP contribution < -0.4 is 0 Å². The van der Waals surface area contributed by atoms with Gasteiger partial charge in [0.2, 0.25) is 0 Å². The summed E-state index contributed by atoms with van der Waals surface area (Å²) in [5.74, 6) is 5.33. The lowest BCUT2D eigenvalue weighted by Crippen LogP contribution is -2.23. The van der Waals surface area contributed by atoms with E-state index in [4.69, 9.17) is 9.84 Å². The number of unbranched alkanes of at least 4 members (excludes halogenated alkanes) is 1. The minimum absolute atomic E-state index is 0.00718. The molecule has 26 heavy (non-hydrogen) atoms. The van der Waals surface area contributed by atoms with Gasteiger partial charge in [0, 0.05) is 25.2 Å². The number of hydrogen-bond acceptors (Lipinski definition) is 4. The first-order valence-corrected chi connectivity index (χ1v) is 9.69. The zero-order chi connectivity index (χ0) is 19.2. The smallest absolute Gasteiger partial charge is 0.303 e. The van der Waals surface area contributed by atoms with Crippen LogP contribution in [0.2, 0.25) is 0 Å². The van der Waals surface area contributed by atoms with Gasteiger partial charge in [0.15, 0.2) is 0 Å². The molecule has 1 aliphatic heterocycles. The number of ether oxygens (including phenoxy) is 1. The van der Waals surface area contributed by atoms with E-state index in [0.29, 0.717) is 25.7 Å². The van der Waals surface area contributed by atoms with Crippen LogP contribution in [0.3, 0.4) is 0 Å². The van der Waals surface area contributed by atoms with Crippen molar-refractivity contribution in [3.8, 4) is 11.8 Å². The maximum Gasteiger partial charge on any atom is 0.303 e. The Balaban J connectivity index is 1.85. The summed E-state index contributed by atoms with van der Waals surface area (Å²) in [7, 11) is 0. The van der Waals surface area contributed by atoms with Crippen molar-refractivity contribution in [2.24, 2.45) is 11.8 Å². The van der Waals surface area contributed by atoms with Gasteiger partial charge in [0.05, 0.1) is 23.9 Å². The molecule has 1 saturated carbocycles. The first-order chi connectivity index (χ1) is 12.3. The quantitative estimate of drug-likeness (QED) is 0.333. The van der Waals surface area contributed by atoms with Gasteiger partial charge in [-0.05, 0) is 45.4 Å². The molecule has 0 amide bonds. The molecule has 0 aromatic carbocycles. The minimum Gasteiger partial charge on any atom is -0.481 e. The van der Waals surface area contributed by atoms with Crippen molar-refractivity contribution in [3.05, 3.63) is 12.2 Å². The number of carboxylic acid groups (broad SMARTS) is 1. The van der Waals surface area contributed by atoms with Crippen LogP contribution in [0.25, 0.3) is 0 Å². The minimum atomic E-state index is -0.919. The molecule has 0 radical (unpaired) electrons. The Morgan fingerprint density at radius 2 is 2.12 bits per heavy atom. The largest absolute Gasteiger partial charge is 0.481 e. The molecule has 0 aromatic heterocycles. The lowest BCUT2D eigenvalue weighted by molar-refractivity contribution is -0.137. The van der Waals surface area contributed by atoms with Gasteiger partial charge in [0.1, 0.15) is 0 Å². The number of aliphatic hydroxyl groups is 2. The summed E-state index contributed by atoms with van der Waals surface area (Å²) in [6.07, 6.45) is 8.93. The van der Waals surface area contributed by atoms with Crippen molar-refractivity contribution in [2.75, 3.05) is 0 Å². The molecule has 0 aromatic rings. The van der Waals surface area contributed by atoms with Crippen molar-refractivity contribution in [1.29, 1.82) is 0 Å². The van der Waals surface area contributed by atoms with Crippen molar-refractivity contribution in [2.45, 2.75) is 89.1 Å². The van der Waals surface area contributed by atoms with E-state index in [1.165, 1.54) is 0 Å². The van der Waals surface area contributed by atoms with Crippen LogP contribution in [0.15, 0.2) is 12.2 Å². The molecule has 2 aliphatic rings. The van der Waals surface area contributed by atoms with Crippen molar-refractivity contribution in [1.82, 2.24) is 0 Å². The van der Waals surface area contributed by atoms with Gasteiger partial charge in [-0.3, -0.25) is 4.79 Å². The molecule has 5 heteroatoms. The monoisotopic (exact) mass is 364 g/mol. The van der Waals surface area contributed by atoms with E-state index < -0.39 is 17.7 Å². The lowest BCUT2D eigenvalue weighted by Gasteiger charge is -2.21. The molecular weight excluding hydrogens is 332 g/mol. The number of fused-ring (bicyclic) bond motifs is 1. The van der Waals surface area contributed by atoms with E-state index in [9.17, 15) is 15.0 Å². The molecular formula is C21H32O5. The molecule has 2 rings (SSSR count). The molecule has 0 bridgehead atoms.